The summed E-state index contributed by atoms with van der Waals surface area (Å²) in [4.78, 5) is 0. The molecule has 0 spiro atoms. The molecule has 0 amide bonds. The largest absolute Gasteiger partial charge is 0.0625 e. The summed E-state index contributed by atoms with van der Waals surface area (Å²) in [6.45, 7) is 12.3. The molecule has 0 aromatic carbocycles. The van der Waals surface area contributed by atoms with Crippen LogP contribution in [0.3, 0.4) is 0 Å². The molecule has 6 unspecified atom stereocenters. The van der Waals surface area contributed by atoms with Gasteiger partial charge in [-0.2, -0.15) is 0 Å². The van der Waals surface area contributed by atoms with E-state index in [-0.39, 0.29) is 0 Å². The first kappa shape index (κ1) is 17.4. The minimum Gasteiger partial charge on any atom is -0.0625 e. The molecule has 0 saturated heterocycles. The van der Waals surface area contributed by atoms with Crippen LogP contribution in [-0.2, 0) is 0 Å². The van der Waals surface area contributed by atoms with Gasteiger partial charge in [-0.25, -0.2) is 0 Å². The highest BCUT2D eigenvalue weighted by Gasteiger charge is 2.33. The van der Waals surface area contributed by atoms with Gasteiger partial charge in [0.2, 0.25) is 0 Å². The van der Waals surface area contributed by atoms with Gasteiger partial charge in [0.1, 0.15) is 0 Å². The van der Waals surface area contributed by atoms with Gasteiger partial charge in [0.25, 0.3) is 0 Å². The molecule has 2 aliphatic carbocycles. The fourth-order valence-corrected chi connectivity index (χ4v) is 5.22. The minimum atomic E-state index is 0.853. The van der Waals surface area contributed by atoms with Crippen LogP contribution in [0.1, 0.15) is 92.4 Å². The molecule has 0 bridgehead atoms. The maximum absolute atomic E-state index is 2.52. The molecular formula is C21H40. The normalized spacial score (nSPS) is 36.3. The van der Waals surface area contributed by atoms with Crippen LogP contribution in [0.2, 0.25) is 0 Å². The van der Waals surface area contributed by atoms with Crippen molar-refractivity contribution in [1.82, 2.24) is 0 Å². The fourth-order valence-electron chi connectivity index (χ4n) is 5.22. The van der Waals surface area contributed by atoms with Gasteiger partial charge >= 0.3 is 0 Å². The molecule has 0 aromatic heterocycles. The van der Waals surface area contributed by atoms with Crippen LogP contribution in [0.15, 0.2) is 0 Å². The highest BCUT2D eigenvalue weighted by atomic mass is 14.4. The molecule has 0 N–H and O–H groups in total. The van der Waals surface area contributed by atoms with E-state index in [4.69, 9.17) is 0 Å². The highest BCUT2D eigenvalue weighted by Crippen LogP contribution is 2.45. The summed E-state index contributed by atoms with van der Waals surface area (Å²) in [7, 11) is 0. The molecule has 2 saturated carbocycles. The lowest BCUT2D eigenvalue weighted by atomic mass is 9.77. The maximum atomic E-state index is 2.52. The van der Waals surface area contributed by atoms with E-state index < -0.39 is 0 Å². The lowest BCUT2D eigenvalue weighted by Crippen LogP contribution is -2.18. The summed E-state index contributed by atoms with van der Waals surface area (Å²) >= 11 is 0. The van der Waals surface area contributed by atoms with Gasteiger partial charge in [0.05, 0.1) is 0 Å². The van der Waals surface area contributed by atoms with Crippen molar-refractivity contribution in [1.29, 1.82) is 0 Å². The Bertz CT molecular complexity index is 292. The van der Waals surface area contributed by atoms with Gasteiger partial charge < -0.3 is 0 Å². The Labute approximate surface area is 134 Å². The lowest BCUT2D eigenvalue weighted by molar-refractivity contribution is 0.223. The van der Waals surface area contributed by atoms with Crippen LogP contribution in [0.4, 0.5) is 0 Å². The van der Waals surface area contributed by atoms with E-state index in [1.807, 2.05) is 0 Å². The van der Waals surface area contributed by atoms with Crippen LogP contribution in [-0.4, -0.2) is 0 Å². The Morgan fingerprint density at radius 3 is 2.05 bits per heavy atom. The number of hydrogen-bond donors (Lipinski definition) is 0. The second kappa shape index (κ2) is 8.02. The van der Waals surface area contributed by atoms with Gasteiger partial charge in [-0.3, -0.25) is 0 Å². The standard InChI is InChI=1S/C21H40/c1-15(2)18(5)12-16(3)13-20-10-7-11-21(20)14-19-9-6-8-17(19)4/h15-21H,6-14H2,1-5H3. The zero-order chi connectivity index (χ0) is 15.4. The van der Waals surface area contributed by atoms with Crippen molar-refractivity contribution in [3.63, 3.8) is 0 Å². The average Bonchev–Trinajstić information content (AvgIpc) is 3.00. The van der Waals surface area contributed by atoms with Crippen molar-refractivity contribution in [2.45, 2.75) is 92.4 Å². The molecule has 124 valence electrons. The molecular weight excluding hydrogens is 252 g/mol. The van der Waals surface area contributed by atoms with E-state index in [0.717, 1.165) is 41.4 Å². The van der Waals surface area contributed by atoms with Crippen molar-refractivity contribution in [3.8, 4) is 0 Å². The highest BCUT2D eigenvalue weighted by molar-refractivity contribution is 4.84. The van der Waals surface area contributed by atoms with Crippen molar-refractivity contribution < 1.29 is 0 Å². The van der Waals surface area contributed by atoms with Crippen LogP contribution in [0, 0.1) is 41.4 Å². The van der Waals surface area contributed by atoms with Gasteiger partial charge in [-0.1, -0.05) is 73.1 Å². The summed E-state index contributed by atoms with van der Waals surface area (Å²) < 4.78 is 0. The molecule has 2 aliphatic rings. The van der Waals surface area contributed by atoms with E-state index in [0.29, 0.717) is 0 Å². The quantitative estimate of drug-likeness (QED) is 0.477. The third-order valence-electron chi connectivity index (χ3n) is 7.08. The molecule has 0 aliphatic heterocycles. The minimum absolute atomic E-state index is 0.853. The summed E-state index contributed by atoms with van der Waals surface area (Å²) in [5, 5.41) is 0. The molecule has 21 heavy (non-hydrogen) atoms. The summed E-state index contributed by atoms with van der Waals surface area (Å²) in [6.07, 6.45) is 13.7. The van der Waals surface area contributed by atoms with Crippen LogP contribution in [0.5, 0.6) is 0 Å². The van der Waals surface area contributed by atoms with Crippen LogP contribution in [0.25, 0.3) is 0 Å². The van der Waals surface area contributed by atoms with E-state index in [9.17, 15) is 0 Å². The SMILES string of the molecule is CC(CC(C)C(C)C)CC1CCCC1CC1CCCC1C. The predicted molar refractivity (Wildman–Crippen MR) is 94.4 cm³/mol. The Morgan fingerprint density at radius 1 is 0.810 bits per heavy atom. The molecule has 0 nitrogen and oxygen atoms in total. The van der Waals surface area contributed by atoms with Gasteiger partial charge in [0.15, 0.2) is 0 Å². The molecule has 0 heteroatoms. The smallest absolute Gasteiger partial charge is 0.0383 e. The lowest BCUT2D eigenvalue weighted by Gasteiger charge is -2.28. The summed E-state index contributed by atoms with van der Waals surface area (Å²) in [5.74, 6) is 6.92. The second-order valence-electron chi connectivity index (χ2n) is 9.15. The second-order valence-corrected chi connectivity index (χ2v) is 9.15. The van der Waals surface area contributed by atoms with Gasteiger partial charge in [-0.05, 0) is 60.7 Å². The average molecular weight is 293 g/mol. The Morgan fingerprint density at radius 2 is 1.43 bits per heavy atom. The van der Waals surface area contributed by atoms with Gasteiger partial charge in [-0.15, -0.1) is 0 Å². The molecule has 6 atom stereocenters. The zero-order valence-corrected chi connectivity index (χ0v) is 15.4. The third kappa shape index (κ3) is 5.00. The molecule has 0 aromatic rings. The molecule has 0 heterocycles. The number of rotatable bonds is 7. The molecule has 0 radical (unpaired) electrons. The summed E-state index contributed by atoms with van der Waals surface area (Å²) in [5.41, 5.74) is 0. The first-order valence-electron chi connectivity index (χ1n) is 9.97. The zero-order valence-electron chi connectivity index (χ0n) is 15.4. The van der Waals surface area contributed by atoms with E-state index in [2.05, 4.69) is 34.6 Å². The van der Waals surface area contributed by atoms with E-state index in [1.54, 1.807) is 12.8 Å². The van der Waals surface area contributed by atoms with Gasteiger partial charge in [0, 0.05) is 0 Å². The first-order chi connectivity index (χ1) is 9.97. The molecule has 2 rings (SSSR count). The van der Waals surface area contributed by atoms with Crippen LogP contribution >= 0.6 is 0 Å². The van der Waals surface area contributed by atoms with Crippen molar-refractivity contribution >= 4 is 0 Å². The van der Waals surface area contributed by atoms with E-state index >= 15 is 0 Å². The Kier molecular flexibility index (Phi) is 6.63. The Balaban J connectivity index is 1.78. The predicted octanol–water partition coefficient (Wildman–Crippen LogP) is 6.94. The van der Waals surface area contributed by atoms with Crippen molar-refractivity contribution in [3.05, 3.63) is 0 Å². The topological polar surface area (TPSA) is 0 Å². The number of hydrogen-bond acceptors (Lipinski definition) is 0. The maximum Gasteiger partial charge on any atom is -0.0383 e. The summed E-state index contributed by atoms with van der Waals surface area (Å²) in [6, 6.07) is 0. The van der Waals surface area contributed by atoms with Crippen molar-refractivity contribution in [2.24, 2.45) is 41.4 Å². The first-order valence-corrected chi connectivity index (χ1v) is 9.97. The Hall–Kier alpha value is 0. The monoisotopic (exact) mass is 292 g/mol. The fraction of sp³-hybridized carbons (Fsp3) is 1.00. The van der Waals surface area contributed by atoms with E-state index in [1.165, 1.54) is 44.9 Å². The third-order valence-corrected chi connectivity index (χ3v) is 7.08. The molecule has 2 fully saturated rings. The van der Waals surface area contributed by atoms with Crippen molar-refractivity contribution in [2.75, 3.05) is 0 Å². The van der Waals surface area contributed by atoms with Crippen LogP contribution < -0.4 is 0 Å².